The van der Waals surface area contributed by atoms with Gasteiger partial charge in [-0.05, 0) is 12.1 Å². The lowest BCUT2D eigenvalue weighted by Crippen LogP contribution is -2.38. The van der Waals surface area contributed by atoms with Gasteiger partial charge in [-0.3, -0.25) is 4.99 Å². The molecule has 142 valence electrons. The molecule has 1 N–H and O–H groups in total. The van der Waals surface area contributed by atoms with E-state index in [1.807, 2.05) is 38.5 Å². The molecule has 1 heterocycles. The summed E-state index contributed by atoms with van der Waals surface area (Å²) in [7, 11) is 10.7. The lowest BCUT2D eigenvalue weighted by atomic mass is 10.1. The first-order valence-electron chi connectivity index (χ1n) is 8.34. The third kappa shape index (κ3) is 4.41. The van der Waals surface area contributed by atoms with Crippen molar-refractivity contribution in [3.05, 3.63) is 41.7 Å². The Morgan fingerprint density at radius 2 is 1.81 bits per heavy atom. The number of aliphatic imine (C=N–C) groups is 1. The van der Waals surface area contributed by atoms with Gasteiger partial charge >= 0.3 is 0 Å². The summed E-state index contributed by atoms with van der Waals surface area (Å²) in [6.45, 7) is 1.26. The number of benzene rings is 1. The summed E-state index contributed by atoms with van der Waals surface area (Å²) in [6, 6.07) is 7.82. The van der Waals surface area contributed by atoms with E-state index in [9.17, 15) is 0 Å². The fourth-order valence-corrected chi connectivity index (χ4v) is 2.78. The van der Waals surface area contributed by atoms with Crippen molar-refractivity contribution >= 4 is 5.96 Å². The van der Waals surface area contributed by atoms with E-state index in [0.717, 1.165) is 18.1 Å². The molecule has 0 spiro atoms. The Morgan fingerprint density at radius 1 is 1.15 bits per heavy atom. The Hall–Kier alpha value is -2.83. The maximum Gasteiger partial charge on any atom is 0.194 e. The molecule has 2 aromatic rings. The summed E-state index contributed by atoms with van der Waals surface area (Å²) in [5, 5.41) is 3.37. The van der Waals surface area contributed by atoms with Gasteiger partial charge in [0, 0.05) is 45.2 Å². The molecule has 26 heavy (non-hydrogen) atoms. The first-order chi connectivity index (χ1) is 12.5. The van der Waals surface area contributed by atoms with Gasteiger partial charge in [-0.15, -0.1) is 0 Å². The van der Waals surface area contributed by atoms with Gasteiger partial charge in [0.25, 0.3) is 0 Å². The van der Waals surface area contributed by atoms with E-state index in [0.29, 0.717) is 23.8 Å². The number of nitrogens with zero attached hydrogens (tertiary/aromatic N) is 3. The van der Waals surface area contributed by atoms with Gasteiger partial charge in [-0.25, -0.2) is 0 Å². The lowest BCUT2D eigenvalue weighted by molar-refractivity contribution is 0.367. The molecule has 2 rings (SSSR count). The average molecular weight is 360 g/mol. The van der Waals surface area contributed by atoms with Gasteiger partial charge < -0.3 is 29.0 Å². The molecule has 7 nitrogen and oxygen atoms in total. The van der Waals surface area contributed by atoms with Crippen molar-refractivity contribution in [1.29, 1.82) is 0 Å². The van der Waals surface area contributed by atoms with Gasteiger partial charge in [0.15, 0.2) is 5.96 Å². The molecule has 1 aromatic carbocycles. The van der Waals surface area contributed by atoms with Crippen LogP contribution in [0, 0.1) is 0 Å². The minimum Gasteiger partial charge on any atom is -0.496 e. The van der Waals surface area contributed by atoms with Crippen molar-refractivity contribution in [2.75, 3.05) is 35.4 Å². The normalized spacial score (nSPS) is 11.2. The minimum atomic E-state index is 0.514. The molecule has 0 saturated carbocycles. The van der Waals surface area contributed by atoms with E-state index in [1.54, 1.807) is 28.4 Å². The Kier molecular flexibility index (Phi) is 6.77. The molecule has 0 fully saturated rings. The van der Waals surface area contributed by atoms with Gasteiger partial charge in [0.05, 0.1) is 40.0 Å². The van der Waals surface area contributed by atoms with Crippen LogP contribution >= 0.6 is 0 Å². The minimum absolute atomic E-state index is 0.514. The summed E-state index contributed by atoms with van der Waals surface area (Å²) in [5.41, 5.74) is 2.11. The van der Waals surface area contributed by atoms with Crippen molar-refractivity contribution in [1.82, 2.24) is 14.8 Å². The number of methoxy groups -OCH3 is 3. The molecule has 0 aliphatic carbocycles. The SMILES string of the molecule is CN=C(NCc1c(OC)cc(OC)cc1OC)N(C)Cc1cccn1C. The molecule has 0 saturated heterocycles. The Labute approximate surface area is 155 Å². The van der Waals surface area contributed by atoms with Crippen LogP contribution in [0.3, 0.4) is 0 Å². The number of aromatic nitrogens is 1. The number of hydrogen-bond donors (Lipinski definition) is 1. The summed E-state index contributed by atoms with van der Waals surface area (Å²) in [4.78, 5) is 6.44. The number of nitrogens with one attached hydrogen (secondary N) is 1. The van der Waals surface area contributed by atoms with E-state index >= 15 is 0 Å². The second-order valence-electron chi connectivity index (χ2n) is 5.88. The first kappa shape index (κ1) is 19.5. The van der Waals surface area contributed by atoms with Gasteiger partial charge in [0.1, 0.15) is 17.2 Å². The van der Waals surface area contributed by atoms with Crippen LogP contribution in [0.1, 0.15) is 11.3 Å². The molecule has 0 radical (unpaired) electrons. The highest BCUT2D eigenvalue weighted by Gasteiger charge is 2.15. The van der Waals surface area contributed by atoms with Crippen molar-refractivity contribution in [3.63, 3.8) is 0 Å². The number of hydrogen-bond acceptors (Lipinski definition) is 4. The van der Waals surface area contributed by atoms with Crippen LogP contribution in [-0.2, 0) is 20.1 Å². The first-order valence-corrected chi connectivity index (χ1v) is 8.34. The Balaban J connectivity index is 2.14. The van der Waals surface area contributed by atoms with Crippen molar-refractivity contribution < 1.29 is 14.2 Å². The Morgan fingerprint density at radius 3 is 2.27 bits per heavy atom. The average Bonchev–Trinajstić information content (AvgIpc) is 3.06. The van der Waals surface area contributed by atoms with Crippen LogP contribution in [0.4, 0.5) is 0 Å². The van der Waals surface area contributed by atoms with Crippen LogP contribution in [0.2, 0.25) is 0 Å². The molecular formula is C19H28N4O3. The van der Waals surface area contributed by atoms with Gasteiger partial charge in [0.2, 0.25) is 0 Å². The molecule has 0 amide bonds. The third-order valence-corrected chi connectivity index (χ3v) is 4.26. The smallest absolute Gasteiger partial charge is 0.194 e. The third-order valence-electron chi connectivity index (χ3n) is 4.26. The lowest BCUT2D eigenvalue weighted by Gasteiger charge is -2.23. The monoisotopic (exact) mass is 360 g/mol. The van der Waals surface area contributed by atoms with Crippen LogP contribution in [0.25, 0.3) is 0 Å². The number of aryl methyl sites for hydroxylation is 1. The predicted octanol–water partition coefficient (Wildman–Crippen LogP) is 2.26. The topological polar surface area (TPSA) is 60.3 Å². The standard InChI is InChI=1S/C19H28N4O3/c1-20-19(23(3)13-14-8-7-9-22(14)2)21-12-16-17(25-5)10-15(24-4)11-18(16)26-6/h7-11H,12-13H2,1-6H3,(H,20,21). The van der Waals surface area contributed by atoms with Gasteiger partial charge in [-0.1, -0.05) is 0 Å². The van der Waals surface area contributed by atoms with Crippen molar-refractivity contribution in [2.45, 2.75) is 13.1 Å². The highest BCUT2D eigenvalue weighted by molar-refractivity contribution is 5.79. The van der Waals surface area contributed by atoms with E-state index in [1.165, 1.54) is 5.69 Å². The molecule has 0 aliphatic rings. The molecule has 0 bridgehead atoms. The highest BCUT2D eigenvalue weighted by atomic mass is 16.5. The molecule has 1 aromatic heterocycles. The largest absolute Gasteiger partial charge is 0.496 e. The fourth-order valence-electron chi connectivity index (χ4n) is 2.78. The summed E-state index contributed by atoms with van der Waals surface area (Å²) in [5.74, 6) is 2.88. The van der Waals surface area contributed by atoms with E-state index in [-0.39, 0.29) is 0 Å². The zero-order valence-electron chi connectivity index (χ0n) is 16.4. The Bertz CT molecular complexity index is 730. The van der Waals surface area contributed by atoms with E-state index < -0.39 is 0 Å². The van der Waals surface area contributed by atoms with Crippen LogP contribution in [0.15, 0.2) is 35.5 Å². The quantitative estimate of drug-likeness (QED) is 0.606. The second kappa shape index (κ2) is 9.03. The predicted molar refractivity (Wildman–Crippen MR) is 103 cm³/mol. The summed E-state index contributed by atoms with van der Waals surface area (Å²) < 4.78 is 18.4. The van der Waals surface area contributed by atoms with E-state index in [4.69, 9.17) is 14.2 Å². The van der Waals surface area contributed by atoms with Crippen LogP contribution in [-0.4, -0.2) is 50.9 Å². The zero-order chi connectivity index (χ0) is 19.1. The van der Waals surface area contributed by atoms with Crippen LogP contribution < -0.4 is 19.5 Å². The highest BCUT2D eigenvalue weighted by Crippen LogP contribution is 2.33. The van der Waals surface area contributed by atoms with Crippen LogP contribution in [0.5, 0.6) is 17.2 Å². The fraction of sp³-hybridized carbons (Fsp3) is 0.421. The maximum absolute atomic E-state index is 5.50. The molecule has 0 aliphatic heterocycles. The maximum atomic E-state index is 5.50. The summed E-state index contributed by atoms with van der Waals surface area (Å²) >= 11 is 0. The van der Waals surface area contributed by atoms with E-state index in [2.05, 4.69) is 25.8 Å². The van der Waals surface area contributed by atoms with Crippen molar-refractivity contribution in [2.24, 2.45) is 12.0 Å². The molecule has 0 atom stereocenters. The second-order valence-corrected chi connectivity index (χ2v) is 5.88. The van der Waals surface area contributed by atoms with Crippen molar-refractivity contribution in [3.8, 4) is 17.2 Å². The zero-order valence-corrected chi connectivity index (χ0v) is 16.4. The number of ether oxygens (including phenoxy) is 3. The summed E-state index contributed by atoms with van der Waals surface area (Å²) in [6.07, 6.45) is 2.03. The number of guanidine groups is 1. The molecule has 0 unspecified atom stereocenters. The van der Waals surface area contributed by atoms with Gasteiger partial charge in [-0.2, -0.15) is 0 Å². The molecule has 7 heteroatoms. The molecular weight excluding hydrogens is 332 g/mol. The number of rotatable bonds is 7.